The van der Waals surface area contributed by atoms with E-state index in [9.17, 15) is 0 Å². The molecule has 0 aromatic heterocycles. The van der Waals surface area contributed by atoms with Crippen LogP contribution in [-0.2, 0) is 0 Å². The number of nitrogens with two attached hydrogens (primary N) is 1. The number of hydrogen-bond donors (Lipinski definition) is 1. The first-order chi connectivity index (χ1) is 7.95. The van der Waals surface area contributed by atoms with Crippen molar-refractivity contribution < 1.29 is 9.80 Å². The fourth-order valence-corrected chi connectivity index (χ4v) is 1.97. The summed E-state index contributed by atoms with van der Waals surface area (Å²) < 4.78 is 1.11. The van der Waals surface area contributed by atoms with Crippen LogP contribution in [0.2, 0.25) is 0 Å². The topological polar surface area (TPSA) is 16.6 Å². The van der Waals surface area contributed by atoms with Gasteiger partial charge in [-0.15, -0.1) is 0 Å². The fraction of sp³-hybridized carbons (Fsp3) is 1.00. The molecule has 0 aliphatic rings. The number of nitrogens with zero attached hydrogens (tertiary/aromatic N) is 1. The van der Waals surface area contributed by atoms with Crippen molar-refractivity contribution in [3.05, 3.63) is 0 Å². The average Bonchev–Trinajstić information content (AvgIpc) is 2.25. The second-order valence-corrected chi connectivity index (χ2v) is 6.61. The van der Waals surface area contributed by atoms with Crippen molar-refractivity contribution in [2.75, 3.05) is 40.8 Å². The molecule has 0 aliphatic carbocycles. The van der Waals surface area contributed by atoms with Gasteiger partial charge in [-0.05, 0) is 32.1 Å². The van der Waals surface area contributed by atoms with Gasteiger partial charge in [0.15, 0.2) is 0 Å². The summed E-state index contributed by atoms with van der Waals surface area (Å²) in [5.74, 6) is 0.888. The van der Waals surface area contributed by atoms with Crippen LogP contribution < -0.4 is 5.32 Å². The van der Waals surface area contributed by atoms with E-state index < -0.39 is 0 Å². The number of rotatable bonds is 11. The molecule has 2 N–H and O–H groups in total. The maximum atomic E-state index is 2.50. The Morgan fingerprint density at radius 2 is 1.53 bits per heavy atom. The first-order valence-electron chi connectivity index (χ1n) is 7.58. The minimum Gasteiger partial charge on any atom is -0.346 e. The molecule has 104 valence electrons. The SMILES string of the molecule is CCC(C)C[NH2+]CCCCCCC[N+](C)(C)C. The summed E-state index contributed by atoms with van der Waals surface area (Å²) >= 11 is 0. The van der Waals surface area contributed by atoms with E-state index in [0.29, 0.717) is 0 Å². The van der Waals surface area contributed by atoms with Crippen molar-refractivity contribution in [1.29, 1.82) is 0 Å². The van der Waals surface area contributed by atoms with E-state index in [-0.39, 0.29) is 0 Å². The van der Waals surface area contributed by atoms with Crippen molar-refractivity contribution >= 4 is 0 Å². The van der Waals surface area contributed by atoms with Gasteiger partial charge in [0.05, 0.1) is 40.8 Å². The summed E-state index contributed by atoms with van der Waals surface area (Å²) in [5.41, 5.74) is 0. The largest absolute Gasteiger partial charge is 0.346 e. The minimum absolute atomic E-state index is 0.888. The Balaban J connectivity index is 3.09. The van der Waals surface area contributed by atoms with Crippen LogP contribution in [0.25, 0.3) is 0 Å². The molecule has 0 bridgehead atoms. The van der Waals surface area contributed by atoms with Gasteiger partial charge in [0.2, 0.25) is 0 Å². The van der Waals surface area contributed by atoms with Gasteiger partial charge >= 0.3 is 0 Å². The van der Waals surface area contributed by atoms with Crippen molar-refractivity contribution in [3.63, 3.8) is 0 Å². The Kier molecular flexibility index (Phi) is 9.85. The maximum absolute atomic E-state index is 2.50. The smallest absolute Gasteiger partial charge is 0.0781 e. The third-order valence-corrected chi connectivity index (χ3v) is 3.50. The Morgan fingerprint density at radius 1 is 0.941 bits per heavy atom. The van der Waals surface area contributed by atoms with Crippen LogP contribution in [-0.4, -0.2) is 45.3 Å². The Bertz CT molecular complexity index is 161. The maximum Gasteiger partial charge on any atom is 0.0781 e. The molecule has 1 unspecified atom stereocenters. The van der Waals surface area contributed by atoms with Gasteiger partial charge in [-0.25, -0.2) is 0 Å². The van der Waals surface area contributed by atoms with Crippen molar-refractivity contribution in [1.82, 2.24) is 0 Å². The number of quaternary nitrogens is 2. The highest BCUT2D eigenvalue weighted by Gasteiger charge is 2.05. The molecule has 0 radical (unpaired) electrons. The fourth-order valence-electron chi connectivity index (χ4n) is 1.97. The van der Waals surface area contributed by atoms with Gasteiger partial charge in [-0.3, -0.25) is 0 Å². The lowest BCUT2D eigenvalue weighted by Crippen LogP contribution is -2.85. The van der Waals surface area contributed by atoms with Crippen LogP contribution in [0.15, 0.2) is 0 Å². The first-order valence-corrected chi connectivity index (χ1v) is 7.58. The van der Waals surface area contributed by atoms with Crippen molar-refractivity contribution in [2.45, 2.75) is 52.4 Å². The highest BCUT2D eigenvalue weighted by atomic mass is 15.3. The molecule has 2 heteroatoms. The second-order valence-electron chi connectivity index (χ2n) is 6.61. The number of unbranched alkanes of at least 4 members (excludes halogenated alkanes) is 4. The van der Waals surface area contributed by atoms with E-state index in [0.717, 1.165) is 10.4 Å². The van der Waals surface area contributed by atoms with E-state index >= 15 is 0 Å². The zero-order chi connectivity index (χ0) is 13.1. The van der Waals surface area contributed by atoms with Gasteiger partial charge < -0.3 is 9.80 Å². The molecule has 0 saturated heterocycles. The summed E-state index contributed by atoms with van der Waals surface area (Å²) in [7, 11) is 6.84. The van der Waals surface area contributed by atoms with Crippen LogP contribution in [0.3, 0.4) is 0 Å². The first kappa shape index (κ1) is 16.9. The molecule has 0 heterocycles. The zero-order valence-corrected chi connectivity index (χ0v) is 13.0. The molecule has 2 nitrogen and oxygen atoms in total. The Morgan fingerprint density at radius 3 is 2.12 bits per heavy atom. The average molecular weight is 244 g/mol. The number of hydrogen-bond acceptors (Lipinski definition) is 0. The standard InChI is InChI=1S/C15H35N2/c1-6-15(2)14-16-12-10-8-7-9-11-13-17(3,4)5/h15-16H,6-14H2,1-5H3/q+1/p+1. The lowest BCUT2D eigenvalue weighted by Gasteiger charge is -2.23. The summed E-state index contributed by atoms with van der Waals surface area (Å²) in [6.07, 6.45) is 8.38. The van der Waals surface area contributed by atoms with Crippen LogP contribution >= 0.6 is 0 Å². The van der Waals surface area contributed by atoms with Gasteiger partial charge in [-0.2, -0.15) is 0 Å². The van der Waals surface area contributed by atoms with Gasteiger partial charge in [0.25, 0.3) is 0 Å². The third kappa shape index (κ3) is 13.9. The molecule has 0 saturated carbocycles. The van der Waals surface area contributed by atoms with Gasteiger partial charge in [-0.1, -0.05) is 20.3 Å². The second kappa shape index (κ2) is 9.90. The summed E-state index contributed by atoms with van der Waals surface area (Å²) in [6, 6.07) is 0. The summed E-state index contributed by atoms with van der Waals surface area (Å²) in [5, 5.41) is 2.50. The zero-order valence-electron chi connectivity index (χ0n) is 13.0. The molecule has 0 fully saturated rings. The highest BCUT2D eigenvalue weighted by Crippen LogP contribution is 2.04. The van der Waals surface area contributed by atoms with E-state index in [1.807, 2.05) is 0 Å². The summed E-state index contributed by atoms with van der Waals surface area (Å²) in [6.45, 7) is 8.60. The molecular weight excluding hydrogens is 208 g/mol. The quantitative estimate of drug-likeness (QED) is 0.424. The van der Waals surface area contributed by atoms with E-state index in [1.54, 1.807) is 0 Å². The van der Waals surface area contributed by atoms with Crippen molar-refractivity contribution in [2.24, 2.45) is 5.92 Å². The normalized spacial score (nSPS) is 13.9. The third-order valence-electron chi connectivity index (χ3n) is 3.50. The van der Waals surface area contributed by atoms with Crippen LogP contribution in [0.1, 0.15) is 52.4 Å². The predicted octanol–water partition coefficient (Wildman–Crippen LogP) is 2.25. The molecule has 0 rings (SSSR count). The molecular formula is C15H36N2+2. The van der Waals surface area contributed by atoms with E-state index in [4.69, 9.17) is 0 Å². The molecule has 0 aromatic carbocycles. The van der Waals surface area contributed by atoms with E-state index in [2.05, 4.69) is 40.3 Å². The molecule has 0 aromatic rings. The van der Waals surface area contributed by atoms with Crippen LogP contribution in [0.4, 0.5) is 0 Å². The summed E-state index contributed by atoms with van der Waals surface area (Å²) in [4.78, 5) is 0. The van der Waals surface area contributed by atoms with Crippen molar-refractivity contribution in [3.8, 4) is 0 Å². The Labute approximate surface area is 109 Å². The molecule has 0 spiro atoms. The predicted molar refractivity (Wildman–Crippen MR) is 77.1 cm³/mol. The highest BCUT2D eigenvalue weighted by molar-refractivity contribution is 4.45. The lowest BCUT2D eigenvalue weighted by molar-refractivity contribution is -0.870. The van der Waals surface area contributed by atoms with Gasteiger partial charge in [0, 0.05) is 5.92 Å². The lowest BCUT2D eigenvalue weighted by atomic mass is 10.1. The Hall–Kier alpha value is -0.0800. The minimum atomic E-state index is 0.888. The van der Waals surface area contributed by atoms with E-state index in [1.165, 1.54) is 58.2 Å². The molecule has 17 heavy (non-hydrogen) atoms. The molecule has 0 amide bonds. The van der Waals surface area contributed by atoms with Crippen LogP contribution in [0.5, 0.6) is 0 Å². The molecule has 0 aliphatic heterocycles. The molecule has 1 atom stereocenters. The monoisotopic (exact) mass is 244 g/mol. The van der Waals surface area contributed by atoms with Gasteiger partial charge in [0.1, 0.15) is 0 Å². The van der Waals surface area contributed by atoms with Crippen LogP contribution in [0, 0.1) is 5.92 Å².